The van der Waals surface area contributed by atoms with Crippen LogP contribution in [0.2, 0.25) is 5.02 Å². The molecule has 0 fully saturated rings. The van der Waals surface area contributed by atoms with Crippen LogP contribution < -0.4 is 15.0 Å². The zero-order valence-corrected chi connectivity index (χ0v) is 15.1. The van der Waals surface area contributed by atoms with E-state index in [0.717, 1.165) is 11.4 Å². The van der Waals surface area contributed by atoms with Crippen LogP contribution in [0.15, 0.2) is 60.9 Å². The third-order valence-corrected chi connectivity index (χ3v) is 4.05. The van der Waals surface area contributed by atoms with Crippen LogP contribution in [-0.2, 0) is 0 Å². The minimum absolute atomic E-state index is 0.227. The summed E-state index contributed by atoms with van der Waals surface area (Å²) < 4.78 is 5.13. The number of nitrogens with zero attached hydrogens (tertiary/aromatic N) is 3. The van der Waals surface area contributed by atoms with Crippen LogP contribution in [0.5, 0.6) is 5.75 Å². The highest BCUT2D eigenvalue weighted by molar-refractivity contribution is 6.32. The molecule has 0 aliphatic rings. The van der Waals surface area contributed by atoms with E-state index < -0.39 is 0 Å². The zero-order valence-electron chi connectivity index (χ0n) is 14.3. The number of ether oxygens (including phenoxy) is 1. The summed E-state index contributed by atoms with van der Waals surface area (Å²) in [6.07, 6.45) is 1.35. The first-order valence-electron chi connectivity index (χ1n) is 7.84. The van der Waals surface area contributed by atoms with Gasteiger partial charge in [0.15, 0.2) is 0 Å². The molecule has 0 aliphatic heterocycles. The van der Waals surface area contributed by atoms with Gasteiger partial charge < -0.3 is 15.0 Å². The van der Waals surface area contributed by atoms with Crippen LogP contribution in [0, 0.1) is 0 Å². The molecule has 26 heavy (non-hydrogen) atoms. The van der Waals surface area contributed by atoms with Crippen LogP contribution in [0.1, 0.15) is 10.5 Å². The van der Waals surface area contributed by atoms with Gasteiger partial charge in [-0.15, -0.1) is 0 Å². The van der Waals surface area contributed by atoms with Gasteiger partial charge in [-0.05, 0) is 30.3 Å². The highest BCUT2D eigenvalue weighted by atomic mass is 35.5. The van der Waals surface area contributed by atoms with Crippen LogP contribution in [0.3, 0.4) is 0 Å². The summed E-state index contributed by atoms with van der Waals surface area (Å²) in [4.78, 5) is 22.4. The Morgan fingerprint density at radius 2 is 1.88 bits per heavy atom. The highest BCUT2D eigenvalue weighted by Crippen LogP contribution is 2.28. The monoisotopic (exact) mass is 368 g/mol. The van der Waals surface area contributed by atoms with Crippen molar-refractivity contribution < 1.29 is 9.53 Å². The van der Waals surface area contributed by atoms with Gasteiger partial charge >= 0.3 is 0 Å². The topological polar surface area (TPSA) is 67.3 Å². The number of aromatic nitrogens is 2. The standard InChI is InChI=1S/C19H17ClN4O2/c1-24(14-6-4-3-5-7-14)19(25)16-11-18(22-12-21-16)23-13-8-9-17(26-2)15(20)10-13/h3-12H,1-2H3,(H,21,22,23). The van der Waals surface area contributed by atoms with Gasteiger partial charge in [-0.2, -0.15) is 0 Å². The summed E-state index contributed by atoms with van der Waals surface area (Å²) in [6.45, 7) is 0. The van der Waals surface area contributed by atoms with Crippen molar-refractivity contribution in [1.82, 2.24) is 9.97 Å². The van der Waals surface area contributed by atoms with Gasteiger partial charge in [0.25, 0.3) is 5.91 Å². The molecular weight excluding hydrogens is 352 g/mol. The Morgan fingerprint density at radius 1 is 1.12 bits per heavy atom. The van der Waals surface area contributed by atoms with Crippen molar-refractivity contribution in [1.29, 1.82) is 0 Å². The van der Waals surface area contributed by atoms with E-state index in [1.165, 1.54) is 11.2 Å². The van der Waals surface area contributed by atoms with Gasteiger partial charge in [0.05, 0.1) is 12.1 Å². The summed E-state index contributed by atoms with van der Waals surface area (Å²) in [6, 6.07) is 16.2. The van der Waals surface area contributed by atoms with E-state index >= 15 is 0 Å². The maximum absolute atomic E-state index is 12.7. The number of methoxy groups -OCH3 is 1. The molecule has 1 aromatic heterocycles. The van der Waals surface area contributed by atoms with Crippen LogP contribution in [0.4, 0.5) is 17.2 Å². The fourth-order valence-corrected chi connectivity index (χ4v) is 2.63. The summed E-state index contributed by atoms with van der Waals surface area (Å²) in [5, 5.41) is 3.59. The molecule has 2 aromatic carbocycles. The molecule has 0 saturated carbocycles. The number of hydrogen-bond acceptors (Lipinski definition) is 5. The smallest absolute Gasteiger partial charge is 0.276 e. The first kappa shape index (κ1) is 17.7. The molecule has 132 valence electrons. The van der Waals surface area contributed by atoms with E-state index in [1.54, 1.807) is 32.4 Å². The molecule has 0 bridgehead atoms. The van der Waals surface area contributed by atoms with E-state index in [9.17, 15) is 4.79 Å². The lowest BCUT2D eigenvalue weighted by Crippen LogP contribution is -2.27. The number of amides is 1. The second-order valence-corrected chi connectivity index (χ2v) is 5.87. The Hall–Kier alpha value is -3.12. The average Bonchev–Trinajstić information content (AvgIpc) is 2.68. The van der Waals surface area contributed by atoms with Gasteiger partial charge in [-0.1, -0.05) is 29.8 Å². The van der Waals surface area contributed by atoms with Crippen molar-refractivity contribution in [2.45, 2.75) is 0 Å². The lowest BCUT2D eigenvalue weighted by molar-refractivity contribution is 0.0988. The molecule has 1 amide bonds. The van der Waals surface area contributed by atoms with E-state index in [0.29, 0.717) is 16.6 Å². The molecule has 7 heteroatoms. The molecule has 0 aliphatic carbocycles. The summed E-state index contributed by atoms with van der Waals surface area (Å²) in [5.74, 6) is 0.848. The lowest BCUT2D eigenvalue weighted by Gasteiger charge is -2.17. The van der Waals surface area contributed by atoms with E-state index in [-0.39, 0.29) is 11.6 Å². The molecule has 0 unspecified atom stereocenters. The fourth-order valence-electron chi connectivity index (χ4n) is 2.38. The Morgan fingerprint density at radius 3 is 2.58 bits per heavy atom. The molecule has 0 saturated heterocycles. The summed E-state index contributed by atoms with van der Waals surface area (Å²) in [7, 11) is 3.26. The van der Waals surface area contributed by atoms with E-state index in [4.69, 9.17) is 16.3 Å². The minimum atomic E-state index is -0.227. The van der Waals surface area contributed by atoms with Gasteiger partial charge in [0.2, 0.25) is 0 Å². The number of para-hydroxylation sites is 1. The zero-order chi connectivity index (χ0) is 18.5. The van der Waals surface area contributed by atoms with Crippen molar-refractivity contribution >= 4 is 34.7 Å². The Labute approximate surface area is 156 Å². The molecule has 6 nitrogen and oxygen atoms in total. The number of carbonyl (C=O) groups is 1. The highest BCUT2D eigenvalue weighted by Gasteiger charge is 2.15. The Balaban J connectivity index is 1.80. The average molecular weight is 369 g/mol. The maximum Gasteiger partial charge on any atom is 0.276 e. The largest absolute Gasteiger partial charge is 0.495 e. The predicted octanol–water partition coefficient (Wildman–Crippen LogP) is 4.16. The second-order valence-electron chi connectivity index (χ2n) is 5.46. The van der Waals surface area contributed by atoms with Crippen molar-refractivity contribution in [3.05, 3.63) is 71.6 Å². The van der Waals surface area contributed by atoms with Crippen molar-refractivity contribution in [2.24, 2.45) is 0 Å². The van der Waals surface area contributed by atoms with E-state index in [2.05, 4.69) is 15.3 Å². The molecule has 1 heterocycles. The summed E-state index contributed by atoms with van der Waals surface area (Å²) >= 11 is 6.13. The number of hydrogen-bond donors (Lipinski definition) is 1. The van der Waals surface area contributed by atoms with E-state index in [1.807, 2.05) is 36.4 Å². The van der Waals surface area contributed by atoms with Crippen molar-refractivity contribution in [3.8, 4) is 5.75 Å². The first-order chi connectivity index (χ1) is 12.6. The second kappa shape index (κ2) is 7.84. The number of carbonyl (C=O) groups excluding carboxylic acids is 1. The third-order valence-electron chi connectivity index (χ3n) is 3.76. The molecule has 0 atom stereocenters. The molecule has 0 radical (unpaired) electrons. The minimum Gasteiger partial charge on any atom is -0.495 e. The Kier molecular flexibility index (Phi) is 5.34. The van der Waals surface area contributed by atoms with Crippen LogP contribution in [-0.4, -0.2) is 30.0 Å². The quantitative estimate of drug-likeness (QED) is 0.732. The first-order valence-corrected chi connectivity index (χ1v) is 8.22. The number of benzene rings is 2. The van der Waals surface area contributed by atoms with Crippen LogP contribution >= 0.6 is 11.6 Å². The van der Waals surface area contributed by atoms with Gasteiger partial charge in [0.1, 0.15) is 23.6 Å². The number of halogens is 1. The predicted molar refractivity (Wildman–Crippen MR) is 102 cm³/mol. The molecular formula is C19H17ClN4O2. The molecule has 3 rings (SSSR count). The molecule has 3 aromatic rings. The van der Waals surface area contributed by atoms with Crippen LogP contribution in [0.25, 0.3) is 0 Å². The van der Waals surface area contributed by atoms with Gasteiger partial charge in [0, 0.05) is 24.5 Å². The van der Waals surface area contributed by atoms with Crippen molar-refractivity contribution in [3.63, 3.8) is 0 Å². The Bertz CT molecular complexity index is 918. The van der Waals surface area contributed by atoms with Gasteiger partial charge in [-0.3, -0.25) is 4.79 Å². The van der Waals surface area contributed by atoms with Gasteiger partial charge in [-0.25, -0.2) is 9.97 Å². The number of anilines is 3. The molecule has 1 N–H and O–H groups in total. The third kappa shape index (κ3) is 3.92. The normalized spacial score (nSPS) is 10.3. The molecule has 0 spiro atoms. The number of rotatable bonds is 5. The van der Waals surface area contributed by atoms with Crippen molar-refractivity contribution in [2.75, 3.05) is 24.4 Å². The maximum atomic E-state index is 12.7. The summed E-state index contributed by atoms with van der Waals surface area (Å²) in [5.41, 5.74) is 1.80. The fraction of sp³-hybridized carbons (Fsp3) is 0.105. The lowest BCUT2D eigenvalue weighted by atomic mass is 10.2. The SMILES string of the molecule is COc1ccc(Nc2cc(C(=O)N(C)c3ccccc3)ncn2)cc1Cl. The number of nitrogens with one attached hydrogen (secondary N) is 1.